The minimum absolute atomic E-state index is 0.107. The largest absolute Gasteiger partial charge is 0.351 e. The Morgan fingerprint density at radius 2 is 1.83 bits per heavy atom. The SMILES string of the molecule is CCn1nc(C)c(S(=O)(=O)N2CCN(C(=O)c3cc4ccccc4[nH]3)CC2)c1C. The molecule has 29 heavy (non-hydrogen) atoms. The van der Waals surface area contributed by atoms with Gasteiger partial charge >= 0.3 is 0 Å². The predicted molar refractivity (Wildman–Crippen MR) is 110 cm³/mol. The standard InChI is InChI=1S/C20H25N5O3S/c1-4-25-15(3)19(14(2)22-25)29(27,28)24-11-9-23(10-12-24)20(26)18-13-16-7-5-6-8-17(16)21-18/h5-8,13,21H,4,9-12H2,1-3H3. The molecular weight excluding hydrogens is 390 g/mol. The highest BCUT2D eigenvalue weighted by molar-refractivity contribution is 7.89. The first-order valence-electron chi connectivity index (χ1n) is 9.74. The summed E-state index contributed by atoms with van der Waals surface area (Å²) in [7, 11) is -3.64. The van der Waals surface area contributed by atoms with Gasteiger partial charge in [-0.2, -0.15) is 9.40 Å². The van der Waals surface area contributed by atoms with E-state index in [0.717, 1.165) is 10.9 Å². The molecule has 4 rings (SSSR count). The van der Waals surface area contributed by atoms with Crippen LogP contribution in [0.3, 0.4) is 0 Å². The molecule has 0 aliphatic carbocycles. The first kappa shape index (κ1) is 19.7. The zero-order valence-corrected chi connectivity index (χ0v) is 17.7. The summed E-state index contributed by atoms with van der Waals surface area (Å²) in [6.07, 6.45) is 0. The Morgan fingerprint density at radius 1 is 1.14 bits per heavy atom. The van der Waals surface area contributed by atoms with Gasteiger partial charge < -0.3 is 9.88 Å². The molecule has 0 unspecified atom stereocenters. The van der Waals surface area contributed by atoms with Crippen molar-refractivity contribution in [2.24, 2.45) is 0 Å². The van der Waals surface area contributed by atoms with Crippen molar-refractivity contribution < 1.29 is 13.2 Å². The van der Waals surface area contributed by atoms with E-state index in [1.807, 2.05) is 37.3 Å². The number of nitrogens with one attached hydrogen (secondary N) is 1. The second-order valence-electron chi connectivity index (χ2n) is 7.28. The smallest absolute Gasteiger partial charge is 0.270 e. The van der Waals surface area contributed by atoms with E-state index in [1.165, 1.54) is 4.31 Å². The summed E-state index contributed by atoms with van der Waals surface area (Å²) >= 11 is 0. The zero-order valence-electron chi connectivity index (χ0n) is 16.8. The summed E-state index contributed by atoms with van der Waals surface area (Å²) in [6.45, 7) is 7.31. The number of amides is 1. The number of aryl methyl sites for hydroxylation is 2. The number of fused-ring (bicyclic) bond motifs is 1. The van der Waals surface area contributed by atoms with Gasteiger partial charge in [0, 0.05) is 43.6 Å². The van der Waals surface area contributed by atoms with Crippen molar-refractivity contribution in [2.45, 2.75) is 32.2 Å². The number of nitrogens with zero attached hydrogens (tertiary/aromatic N) is 4. The van der Waals surface area contributed by atoms with Crippen LogP contribution in [0.25, 0.3) is 10.9 Å². The second kappa shape index (κ2) is 7.31. The van der Waals surface area contributed by atoms with Crippen molar-refractivity contribution in [3.05, 3.63) is 47.4 Å². The minimum atomic E-state index is -3.64. The molecule has 1 aromatic carbocycles. The van der Waals surface area contributed by atoms with E-state index >= 15 is 0 Å². The van der Waals surface area contributed by atoms with E-state index in [9.17, 15) is 13.2 Å². The molecule has 3 heterocycles. The lowest BCUT2D eigenvalue weighted by atomic mass is 10.2. The fourth-order valence-corrected chi connectivity index (χ4v) is 5.78. The van der Waals surface area contributed by atoms with Crippen LogP contribution in [0.4, 0.5) is 0 Å². The molecule has 1 N–H and O–H groups in total. The van der Waals surface area contributed by atoms with Crippen LogP contribution in [-0.2, 0) is 16.6 Å². The molecule has 3 aromatic rings. The van der Waals surface area contributed by atoms with Gasteiger partial charge in [0.25, 0.3) is 5.91 Å². The van der Waals surface area contributed by atoms with Crippen molar-refractivity contribution in [1.29, 1.82) is 0 Å². The Hall–Kier alpha value is -2.65. The average Bonchev–Trinajstić information content (AvgIpc) is 3.27. The number of carbonyl (C=O) groups excluding carboxylic acids is 1. The molecule has 0 bridgehead atoms. The molecule has 2 aromatic heterocycles. The first-order valence-corrected chi connectivity index (χ1v) is 11.2. The highest BCUT2D eigenvalue weighted by Crippen LogP contribution is 2.25. The molecule has 1 aliphatic rings. The van der Waals surface area contributed by atoms with Crippen molar-refractivity contribution in [2.75, 3.05) is 26.2 Å². The minimum Gasteiger partial charge on any atom is -0.351 e. The second-order valence-corrected chi connectivity index (χ2v) is 9.16. The first-order chi connectivity index (χ1) is 13.8. The third-order valence-electron chi connectivity index (χ3n) is 5.50. The summed E-state index contributed by atoms with van der Waals surface area (Å²) in [5, 5.41) is 5.32. The molecule has 1 saturated heterocycles. The van der Waals surface area contributed by atoms with Crippen molar-refractivity contribution in [3.63, 3.8) is 0 Å². The lowest BCUT2D eigenvalue weighted by molar-refractivity contribution is 0.0693. The Balaban J connectivity index is 1.50. The molecule has 0 spiro atoms. The zero-order chi connectivity index (χ0) is 20.8. The summed E-state index contributed by atoms with van der Waals surface area (Å²) < 4.78 is 29.5. The van der Waals surface area contributed by atoms with Gasteiger partial charge in [-0.15, -0.1) is 0 Å². The highest BCUT2D eigenvalue weighted by atomic mass is 32.2. The van der Waals surface area contributed by atoms with Crippen molar-refractivity contribution >= 4 is 26.8 Å². The lowest BCUT2D eigenvalue weighted by Gasteiger charge is -2.33. The number of piperazine rings is 1. The molecule has 0 saturated carbocycles. The number of H-pyrrole nitrogens is 1. The van der Waals surface area contributed by atoms with Gasteiger partial charge in [0.05, 0.1) is 11.4 Å². The lowest BCUT2D eigenvalue weighted by Crippen LogP contribution is -2.50. The van der Waals surface area contributed by atoms with Crippen LogP contribution in [-0.4, -0.2) is 64.5 Å². The average molecular weight is 416 g/mol. The van der Waals surface area contributed by atoms with Crippen LogP contribution in [0.1, 0.15) is 28.8 Å². The number of aromatic amines is 1. The number of rotatable bonds is 4. The molecule has 0 atom stereocenters. The number of sulfonamides is 1. The van der Waals surface area contributed by atoms with Gasteiger partial charge in [-0.3, -0.25) is 9.48 Å². The summed E-state index contributed by atoms with van der Waals surface area (Å²) in [4.78, 5) is 18.0. The third kappa shape index (κ3) is 3.34. The van der Waals surface area contributed by atoms with Gasteiger partial charge in [0.15, 0.2) is 0 Å². The number of carbonyl (C=O) groups is 1. The fourth-order valence-electron chi connectivity index (χ4n) is 3.98. The highest BCUT2D eigenvalue weighted by Gasteiger charge is 2.34. The van der Waals surface area contributed by atoms with Gasteiger partial charge in [0.1, 0.15) is 10.6 Å². The normalized spacial score (nSPS) is 15.9. The van der Waals surface area contributed by atoms with E-state index in [2.05, 4.69) is 10.1 Å². The van der Waals surface area contributed by atoms with E-state index in [4.69, 9.17) is 0 Å². The molecule has 8 nitrogen and oxygen atoms in total. The van der Waals surface area contributed by atoms with Gasteiger partial charge in [-0.1, -0.05) is 18.2 Å². The monoisotopic (exact) mass is 415 g/mol. The van der Waals surface area contributed by atoms with Gasteiger partial charge in [-0.05, 0) is 32.9 Å². The Bertz CT molecular complexity index is 1140. The molecule has 154 valence electrons. The van der Waals surface area contributed by atoms with E-state index in [-0.39, 0.29) is 23.9 Å². The molecule has 0 radical (unpaired) electrons. The van der Waals surface area contributed by atoms with Gasteiger partial charge in [0.2, 0.25) is 10.0 Å². The maximum absolute atomic E-state index is 13.2. The van der Waals surface area contributed by atoms with E-state index in [0.29, 0.717) is 36.7 Å². The quantitative estimate of drug-likeness (QED) is 0.707. The van der Waals surface area contributed by atoms with Crippen LogP contribution in [0.2, 0.25) is 0 Å². The number of hydrogen-bond acceptors (Lipinski definition) is 4. The molecule has 1 aliphatic heterocycles. The van der Waals surface area contributed by atoms with Crippen LogP contribution >= 0.6 is 0 Å². The van der Waals surface area contributed by atoms with Crippen molar-refractivity contribution in [1.82, 2.24) is 24.0 Å². The summed E-state index contributed by atoms with van der Waals surface area (Å²) in [5.41, 5.74) is 2.61. The molecular formula is C20H25N5O3S. The maximum atomic E-state index is 13.2. The van der Waals surface area contributed by atoms with Crippen LogP contribution in [0.5, 0.6) is 0 Å². The Labute approximate surface area is 170 Å². The molecule has 9 heteroatoms. The van der Waals surface area contributed by atoms with E-state index in [1.54, 1.807) is 23.4 Å². The van der Waals surface area contributed by atoms with Gasteiger partial charge in [-0.25, -0.2) is 8.42 Å². The summed E-state index contributed by atoms with van der Waals surface area (Å²) in [6, 6.07) is 9.57. The molecule has 1 amide bonds. The summed E-state index contributed by atoms with van der Waals surface area (Å²) in [5.74, 6) is -0.107. The number of aromatic nitrogens is 3. The number of para-hydroxylation sites is 1. The third-order valence-corrected chi connectivity index (χ3v) is 7.65. The van der Waals surface area contributed by atoms with Crippen molar-refractivity contribution in [3.8, 4) is 0 Å². The predicted octanol–water partition coefficient (Wildman–Crippen LogP) is 2.15. The number of benzene rings is 1. The number of hydrogen-bond donors (Lipinski definition) is 1. The van der Waals surface area contributed by atoms with Crippen LogP contribution in [0.15, 0.2) is 35.2 Å². The maximum Gasteiger partial charge on any atom is 0.270 e. The Kier molecular flexibility index (Phi) is 4.95. The van der Waals surface area contributed by atoms with Crippen LogP contribution < -0.4 is 0 Å². The topological polar surface area (TPSA) is 91.3 Å². The fraction of sp³-hybridized carbons (Fsp3) is 0.400. The van der Waals surface area contributed by atoms with Crippen LogP contribution in [0, 0.1) is 13.8 Å². The van der Waals surface area contributed by atoms with E-state index < -0.39 is 10.0 Å². The molecule has 1 fully saturated rings. The Morgan fingerprint density at radius 3 is 2.45 bits per heavy atom.